The summed E-state index contributed by atoms with van der Waals surface area (Å²) in [5.74, 6) is 0. The van der Waals surface area contributed by atoms with Gasteiger partial charge in [-0.2, -0.15) is 0 Å². The third-order valence-corrected chi connectivity index (χ3v) is 4.10. The Labute approximate surface area is 105 Å². The van der Waals surface area contributed by atoms with Crippen molar-refractivity contribution in [2.75, 3.05) is 6.61 Å². The summed E-state index contributed by atoms with van der Waals surface area (Å²) in [7, 11) is 0. The van der Waals surface area contributed by atoms with Crippen LogP contribution in [0.1, 0.15) is 52.3 Å². The van der Waals surface area contributed by atoms with Gasteiger partial charge >= 0.3 is 0 Å². The molecule has 0 unspecified atom stereocenters. The van der Waals surface area contributed by atoms with Crippen LogP contribution in [0.15, 0.2) is 0 Å². The minimum absolute atomic E-state index is 0.0418. The van der Waals surface area contributed by atoms with E-state index >= 15 is 0 Å². The van der Waals surface area contributed by atoms with E-state index in [0.717, 1.165) is 12.8 Å². The quantitative estimate of drug-likeness (QED) is 0.842. The lowest BCUT2D eigenvalue weighted by Crippen LogP contribution is -2.16. The van der Waals surface area contributed by atoms with Crippen molar-refractivity contribution < 1.29 is 5.11 Å². The van der Waals surface area contributed by atoms with Gasteiger partial charge in [-0.15, -0.1) is 0 Å². The molecule has 17 heavy (non-hydrogen) atoms. The van der Waals surface area contributed by atoms with E-state index in [2.05, 4.69) is 34.6 Å². The van der Waals surface area contributed by atoms with Crippen molar-refractivity contribution >= 4 is 0 Å². The van der Waals surface area contributed by atoms with Crippen LogP contribution in [0.4, 0.5) is 0 Å². The van der Waals surface area contributed by atoms with E-state index in [1.54, 1.807) is 0 Å². The van der Waals surface area contributed by atoms with Gasteiger partial charge < -0.3 is 10.8 Å². The molecule has 0 saturated heterocycles. The van der Waals surface area contributed by atoms with E-state index < -0.39 is 0 Å². The molecule has 0 saturated carbocycles. The van der Waals surface area contributed by atoms with Gasteiger partial charge in [-0.1, -0.05) is 0 Å². The summed E-state index contributed by atoms with van der Waals surface area (Å²) in [6.07, 6.45) is 1.62. The average molecular weight is 235 g/mol. The zero-order chi connectivity index (χ0) is 13.2. The van der Waals surface area contributed by atoms with E-state index in [0.29, 0.717) is 0 Å². The Kier molecular flexibility index (Phi) is 4.72. The number of rotatable bonds is 4. The summed E-state index contributed by atoms with van der Waals surface area (Å²) in [6, 6.07) is 0.0418. The number of benzene rings is 1. The highest BCUT2D eigenvalue weighted by Gasteiger charge is 2.17. The van der Waals surface area contributed by atoms with Crippen molar-refractivity contribution in [1.82, 2.24) is 0 Å². The van der Waals surface area contributed by atoms with Gasteiger partial charge in [-0.3, -0.25) is 0 Å². The molecule has 0 spiro atoms. The molecule has 0 aliphatic carbocycles. The van der Waals surface area contributed by atoms with Crippen LogP contribution in [-0.2, 0) is 0 Å². The van der Waals surface area contributed by atoms with Gasteiger partial charge in [0.05, 0.1) is 0 Å². The second kappa shape index (κ2) is 5.65. The Bertz CT molecular complexity index is 381. The van der Waals surface area contributed by atoms with E-state index in [1.807, 2.05) is 0 Å². The molecule has 1 rings (SSSR count). The summed E-state index contributed by atoms with van der Waals surface area (Å²) in [4.78, 5) is 0. The van der Waals surface area contributed by atoms with Crippen LogP contribution in [-0.4, -0.2) is 11.7 Å². The summed E-state index contributed by atoms with van der Waals surface area (Å²) >= 11 is 0. The molecule has 0 aliphatic rings. The van der Waals surface area contributed by atoms with Gasteiger partial charge in [-0.05, 0) is 80.8 Å². The molecule has 0 aliphatic heterocycles. The summed E-state index contributed by atoms with van der Waals surface area (Å²) in [5, 5.41) is 8.90. The Balaban J connectivity index is 3.24. The third-order valence-electron chi connectivity index (χ3n) is 4.10. The molecule has 2 nitrogen and oxygen atoms in total. The summed E-state index contributed by atoms with van der Waals surface area (Å²) in [5.41, 5.74) is 14.2. The van der Waals surface area contributed by atoms with Gasteiger partial charge in [0.25, 0.3) is 0 Å². The lowest BCUT2D eigenvalue weighted by atomic mass is 9.85. The first kappa shape index (κ1) is 14.2. The van der Waals surface area contributed by atoms with Gasteiger partial charge in [0, 0.05) is 12.6 Å². The van der Waals surface area contributed by atoms with Crippen molar-refractivity contribution in [2.45, 2.75) is 53.5 Å². The maximum atomic E-state index is 8.90. The summed E-state index contributed by atoms with van der Waals surface area (Å²) in [6.45, 7) is 11.0. The number of nitrogens with two attached hydrogens (primary N) is 1. The smallest absolute Gasteiger partial charge is 0.0431 e. The molecule has 0 radical (unpaired) electrons. The Morgan fingerprint density at radius 2 is 1.29 bits per heavy atom. The Hall–Kier alpha value is -0.860. The second-order valence-corrected chi connectivity index (χ2v) is 5.01. The zero-order valence-electron chi connectivity index (χ0n) is 11.7. The lowest BCUT2D eigenvalue weighted by Gasteiger charge is -2.23. The molecule has 3 N–H and O–H groups in total. The number of hydrogen-bond acceptors (Lipinski definition) is 2. The monoisotopic (exact) mass is 235 g/mol. The first-order valence-corrected chi connectivity index (χ1v) is 6.35. The Morgan fingerprint density at radius 3 is 1.71 bits per heavy atom. The predicted octanol–water partition coefficient (Wildman–Crippen LogP) is 3.00. The van der Waals surface area contributed by atoms with Crippen LogP contribution in [0.25, 0.3) is 0 Å². The fourth-order valence-electron chi connectivity index (χ4n) is 2.54. The molecular weight excluding hydrogens is 210 g/mol. The Morgan fingerprint density at radius 1 is 0.882 bits per heavy atom. The van der Waals surface area contributed by atoms with Crippen molar-refractivity contribution in [3.63, 3.8) is 0 Å². The van der Waals surface area contributed by atoms with Crippen molar-refractivity contribution in [1.29, 1.82) is 0 Å². The van der Waals surface area contributed by atoms with E-state index in [1.165, 1.54) is 33.4 Å². The van der Waals surface area contributed by atoms with Crippen molar-refractivity contribution in [3.05, 3.63) is 33.4 Å². The molecular formula is C15H25NO. The molecule has 1 aromatic rings. The highest BCUT2D eigenvalue weighted by atomic mass is 16.2. The standard InChI is InChI=1S/C15H25NO/c1-9-10(2)12(4)15(13(5)11(9)3)14(16)7-6-8-17/h14,17H,6-8,16H2,1-5H3/t14-/m1/s1. The highest BCUT2D eigenvalue weighted by molar-refractivity contribution is 5.50. The first-order chi connectivity index (χ1) is 7.91. The largest absolute Gasteiger partial charge is 0.396 e. The van der Waals surface area contributed by atoms with E-state index in [-0.39, 0.29) is 12.6 Å². The van der Waals surface area contributed by atoms with Crippen molar-refractivity contribution in [2.24, 2.45) is 5.73 Å². The number of aliphatic hydroxyl groups is 1. The summed E-state index contributed by atoms with van der Waals surface area (Å²) < 4.78 is 0. The molecule has 0 fully saturated rings. The lowest BCUT2D eigenvalue weighted by molar-refractivity contribution is 0.280. The molecule has 0 heterocycles. The molecule has 0 bridgehead atoms. The normalized spacial score (nSPS) is 12.9. The topological polar surface area (TPSA) is 46.2 Å². The molecule has 2 heteroatoms. The van der Waals surface area contributed by atoms with Crippen LogP contribution < -0.4 is 5.73 Å². The van der Waals surface area contributed by atoms with Gasteiger partial charge in [0.1, 0.15) is 0 Å². The predicted molar refractivity (Wildman–Crippen MR) is 73.4 cm³/mol. The van der Waals surface area contributed by atoms with E-state index in [9.17, 15) is 0 Å². The van der Waals surface area contributed by atoms with E-state index in [4.69, 9.17) is 10.8 Å². The van der Waals surface area contributed by atoms with Crippen molar-refractivity contribution in [3.8, 4) is 0 Å². The number of hydrogen-bond donors (Lipinski definition) is 2. The van der Waals surface area contributed by atoms with Gasteiger partial charge in [0.2, 0.25) is 0 Å². The van der Waals surface area contributed by atoms with Gasteiger partial charge in [0.15, 0.2) is 0 Å². The molecule has 1 aromatic carbocycles. The highest BCUT2D eigenvalue weighted by Crippen LogP contribution is 2.31. The second-order valence-electron chi connectivity index (χ2n) is 5.01. The maximum Gasteiger partial charge on any atom is 0.0431 e. The molecule has 0 aromatic heterocycles. The fraction of sp³-hybridized carbons (Fsp3) is 0.600. The zero-order valence-corrected chi connectivity index (χ0v) is 11.7. The van der Waals surface area contributed by atoms with Crippen LogP contribution in [0, 0.1) is 34.6 Å². The number of aliphatic hydroxyl groups excluding tert-OH is 1. The van der Waals surface area contributed by atoms with Crippen LogP contribution in [0.5, 0.6) is 0 Å². The molecule has 1 atom stereocenters. The van der Waals surface area contributed by atoms with Gasteiger partial charge in [-0.25, -0.2) is 0 Å². The average Bonchev–Trinajstić information content (AvgIpc) is 2.31. The minimum Gasteiger partial charge on any atom is -0.396 e. The SMILES string of the molecule is Cc1c(C)c(C)c([C@H](N)CCCO)c(C)c1C. The first-order valence-electron chi connectivity index (χ1n) is 6.35. The molecule has 96 valence electrons. The van der Waals surface area contributed by atoms with Crippen LogP contribution >= 0.6 is 0 Å². The third kappa shape index (κ3) is 2.70. The van der Waals surface area contributed by atoms with Crippen LogP contribution in [0.3, 0.4) is 0 Å². The molecule has 0 amide bonds. The fourth-order valence-corrected chi connectivity index (χ4v) is 2.54. The maximum absolute atomic E-state index is 8.90. The minimum atomic E-state index is 0.0418. The van der Waals surface area contributed by atoms with Crippen LogP contribution in [0.2, 0.25) is 0 Å².